The molecule has 90 valence electrons. The molecular weight excluding hydrogens is 325 g/mol. The Labute approximate surface area is 118 Å². The molecule has 0 aliphatic heterocycles. The molecule has 1 atom stereocenters. The van der Waals surface area contributed by atoms with E-state index in [4.69, 9.17) is 28.9 Å². The molecule has 1 heterocycles. The second kappa shape index (κ2) is 4.98. The van der Waals surface area contributed by atoms with Gasteiger partial charge in [-0.3, -0.25) is 4.68 Å². The number of halogens is 3. The highest BCUT2D eigenvalue weighted by Gasteiger charge is 2.19. The van der Waals surface area contributed by atoms with Crippen molar-refractivity contribution in [1.82, 2.24) is 9.78 Å². The van der Waals surface area contributed by atoms with E-state index in [9.17, 15) is 0 Å². The van der Waals surface area contributed by atoms with Crippen LogP contribution in [-0.2, 0) is 7.05 Å². The highest BCUT2D eigenvalue weighted by Crippen LogP contribution is 2.31. The predicted octanol–water partition coefficient (Wildman–Crippen LogP) is 3.54. The largest absolute Gasteiger partial charge is 0.319 e. The third-order valence-corrected chi connectivity index (χ3v) is 3.64. The average molecular weight is 335 g/mol. The Hall–Kier alpha value is -0.550. The minimum atomic E-state index is -0.393. The monoisotopic (exact) mass is 333 g/mol. The molecule has 2 aromatic rings. The molecule has 1 unspecified atom stereocenters. The van der Waals surface area contributed by atoms with E-state index in [-0.39, 0.29) is 0 Å². The molecule has 17 heavy (non-hydrogen) atoms. The van der Waals surface area contributed by atoms with Crippen LogP contribution in [0.1, 0.15) is 17.3 Å². The zero-order valence-electron chi connectivity index (χ0n) is 8.99. The van der Waals surface area contributed by atoms with Gasteiger partial charge in [0.25, 0.3) is 0 Å². The first-order chi connectivity index (χ1) is 8.00. The molecule has 0 radical (unpaired) electrons. The van der Waals surface area contributed by atoms with Crippen molar-refractivity contribution in [3.05, 3.63) is 50.2 Å². The molecule has 0 aliphatic rings. The number of hydrogen-bond acceptors (Lipinski definition) is 2. The number of aromatic nitrogens is 2. The van der Waals surface area contributed by atoms with E-state index in [0.717, 1.165) is 15.7 Å². The van der Waals surface area contributed by atoms with Crippen LogP contribution >= 0.6 is 39.1 Å². The molecule has 0 bridgehead atoms. The third-order valence-electron chi connectivity index (χ3n) is 2.53. The molecule has 1 aromatic carbocycles. The number of aryl methyl sites for hydroxylation is 1. The predicted molar refractivity (Wildman–Crippen MR) is 73.4 cm³/mol. The minimum Gasteiger partial charge on any atom is -0.319 e. The average Bonchev–Trinajstić information content (AvgIpc) is 2.58. The van der Waals surface area contributed by atoms with Crippen LogP contribution in [-0.4, -0.2) is 9.78 Å². The molecule has 0 amide bonds. The number of nitrogens with two attached hydrogens (primary N) is 1. The van der Waals surface area contributed by atoms with E-state index in [1.54, 1.807) is 24.0 Å². The van der Waals surface area contributed by atoms with E-state index >= 15 is 0 Å². The summed E-state index contributed by atoms with van der Waals surface area (Å²) in [5, 5.41) is 5.20. The lowest BCUT2D eigenvalue weighted by molar-refractivity contribution is 0.673. The topological polar surface area (TPSA) is 43.8 Å². The fraction of sp³-hybridized carbons (Fsp3) is 0.182. The van der Waals surface area contributed by atoms with Gasteiger partial charge in [0.15, 0.2) is 0 Å². The second-order valence-corrected chi connectivity index (χ2v) is 5.37. The van der Waals surface area contributed by atoms with Gasteiger partial charge in [-0.1, -0.05) is 45.2 Å². The maximum Gasteiger partial charge on any atom is 0.0837 e. The summed E-state index contributed by atoms with van der Waals surface area (Å²) in [5.74, 6) is 0. The van der Waals surface area contributed by atoms with Crippen LogP contribution in [0.15, 0.2) is 28.9 Å². The first-order valence-corrected chi connectivity index (χ1v) is 6.43. The van der Waals surface area contributed by atoms with Crippen molar-refractivity contribution in [3.8, 4) is 0 Å². The Bertz CT molecular complexity index is 534. The standard InChI is InChI=1S/C11H10BrCl2N3/c1-17-11(9(14)5-16-17)10(15)7-3-2-6(12)4-8(7)13/h2-5,10H,15H2,1H3. The van der Waals surface area contributed by atoms with E-state index in [1.807, 2.05) is 12.1 Å². The molecule has 0 spiro atoms. The summed E-state index contributed by atoms with van der Waals surface area (Å²) < 4.78 is 2.57. The Kier molecular flexibility index (Phi) is 3.78. The molecule has 0 aliphatic carbocycles. The van der Waals surface area contributed by atoms with Crippen LogP contribution in [0.5, 0.6) is 0 Å². The summed E-state index contributed by atoms with van der Waals surface area (Å²) in [6.45, 7) is 0. The molecule has 2 rings (SSSR count). The zero-order valence-corrected chi connectivity index (χ0v) is 12.1. The summed E-state index contributed by atoms with van der Waals surface area (Å²) in [6, 6.07) is 5.18. The lowest BCUT2D eigenvalue weighted by atomic mass is 10.0. The van der Waals surface area contributed by atoms with Crippen LogP contribution in [0, 0.1) is 0 Å². The van der Waals surface area contributed by atoms with Crippen molar-refractivity contribution in [3.63, 3.8) is 0 Å². The van der Waals surface area contributed by atoms with Crippen LogP contribution in [0.3, 0.4) is 0 Å². The smallest absolute Gasteiger partial charge is 0.0837 e. The van der Waals surface area contributed by atoms with Crippen molar-refractivity contribution in [2.24, 2.45) is 12.8 Å². The molecule has 6 heteroatoms. The fourth-order valence-corrected chi connectivity index (χ4v) is 2.75. The first-order valence-electron chi connectivity index (χ1n) is 4.88. The summed E-state index contributed by atoms with van der Waals surface area (Å²) in [4.78, 5) is 0. The van der Waals surface area contributed by atoms with Gasteiger partial charge >= 0.3 is 0 Å². The number of nitrogens with zero attached hydrogens (tertiary/aromatic N) is 2. The third kappa shape index (κ3) is 2.50. The zero-order chi connectivity index (χ0) is 12.6. The maximum atomic E-state index is 6.17. The number of hydrogen-bond donors (Lipinski definition) is 1. The quantitative estimate of drug-likeness (QED) is 0.912. The van der Waals surface area contributed by atoms with Crippen molar-refractivity contribution >= 4 is 39.1 Å². The van der Waals surface area contributed by atoms with Crippen molar-refractivity contribution in [2.45, 2.75) is 6.04 Å². The minimum absolute atomic E-state index is 0.393. The van der Waals surface area contributed by atoms with Gasteiger partial charge in [-0.15, -0.1) is 0 Å². The van der Waals surface area contributed by atoms with Gasteiger partial charge in [0, 0.05) is 16.5 Å². The molecule has 1 aromatic heterocycles. The maximum absolute atomic E-state index is 6.17. The number of rotatable bonds is 2. The lowest BCUT2D eigenvalue weighted by Crippen LogP contribution is -2.16. The highest BCUT2D eigenvalue weighted by molar-refractivity contribution is 9.10. The van der Waals surface area contributed by atoms with Crippen LogP contribution in [0.2, 0.25) is 10.0 Å². The number of benzene rings is 1. The van der Waals surface area contributed by atoms with Gasteiger partial charge in [0.05, 0.1) is 23.0 Å². The van der Waals surface area contributed by atoms with Gasteiger partial charge < -0.3 is 5.73 Å². The summed E-state index contributed by atoms with van der Waals surface area (Å²) in [7, 11) is 1.80. The molecule has 0 saturated carbocycles. The SMILES string of the molecule is Cn1ncc(Cl)c1C(N)c1ccc(Br)cc1Cl. The molecular formula is C11H10BrCl2N3. The van der Waals surface area contributed by atoms with E-state index < -0.39 is 6.04 Å². The van der Waals surface area contributed by atoms with Gasteiger partial charge in [-0.25, -0.2) is 0 Å². The van der Waals surface area contributed by atoms with Crippen molar-refractivity contribution < 1.29 is 0 Å². The van der Waals surface area contributed by atoms with E-state index in [1.165, 1.54) is 0 Å². The molecule has 0 saturated heterocycles. The van der Waals surface area contributed by atoms with E-state index in [0.29, 0.717) is 10.0 Å². The first kappa shape index (κ1) is 12.9. The normalized spacial score (nSPS) is 12.8. The van der Waals surface area contributed by atoms with Crippen LogP contribution in [0.25, 0.3) is 0 Å². The van der Waals surface area contributed by atoms with Gasteiger partial charge in [0.1, 0.15) is 0 Å². The molecule has 2 N–H and O–H groups in total. The van der Waals surface area contributed by atoms with Crippen molar-refractivity contribution in [2.75, 3.05) is 0 Å². The van der Waals surface area contributed by atoms with E-state index in [2.05, 4.69) is 21.0 Å². The van der Waals surface area contributed by atoms with Crippen LogP contribution < -0.4 is 5.73 Å². The summed E-state index contributed by atoms with van der Waals surface area (Å²) in [6.07, 6.45) is 1.57. The van der Waals surface area contributed by atoms with Crippen molar-refractivity contribution in [1.29, 1.82) is 0 Å². The Morgan fingerprint density at radius 1 is 1.35 bits per heavy atom. The van der Waals surface area contributed by atoms with Gasteiger partial charge in [-0.05, 0) is 17.7 Å². The molecule has 0 fully saturated rings. The Morgan fingerprint density at radius 2 is 2.06 bits per heavy atom. The Morgan fingerprint density at radius 3 is 2.59 bits per heavy atom. The second-order valence-electron chi connectivity index (χ2n) is 3.64. The lowest BCUT2D eigenvalue weighted by Gasteiger charge is -2.15. The fourth-order valence-electron chi connectivity index (χ4n) is 1.67. The van der Waals surface area contributed by atoms with Crippen LogP contribution in [0.4, 0.5) is 0 Å². The Balaban J connectivity index is 2.47. The van der Waals surface area contributed by atoms with Gasteiger partial charge in [0.2, 0.25) is 0 Å². The summed E-state index contributed by atoms with van der Waals surface area (Å²) in [5.41, 5.74) is 7.73. The molecule has 3 nitrogen and oxygen atoms in total. The van der Waals surface area contributed by atoms with Gasteiger partial charge in [-0.2, -0.15) is 5.10 Å². The highest BCUT2D eigenvalue weighted by atomic mass is 79.9. The summed E-state index contributed by atoms with van der Waals surface area (Å²) >= 11 is 15.6.